The summed E-state index contributed by atoms with van der Waals surface area (Å²) in [4.78, 5) is 13.7. The van der Waals surface area contributed by atoms with Crippen molar-refractivity contribution in [2.75, 3.05) is 31.1 Å². The van der Waals surface area contributed by atoms with Gasteiger partial charge in [-0.1, -0.05) is 13.0 Å². The second-order valence-corrected chi connectivity index (χ2v) is 9.95. The largest absolute Gasteiger partial charge is 0.490 e. The van der Waals surface area contributed by atoms with Crippen LogP contribution in [0.15, 0.2) is 36.8 Å². The van der Waals surface area contributed by atoms with Crippen LogP contribution in [0.25, 0.3) is 0 Å². The number of nitrogens with zero attached hydrogens (tertiary/aromatic N) is 4. The Balaban J connectivity index is 1.17. The lowest BCUT2D eigenvalue weighted by atomic mass is 9.76. The molecule has 1 aromatic carbocycles. The van der Waals surface area contributed by atoms with Crippen molar-refractivity contribution in [1.29, 1.82) is 0 Å². The van der Waals surface area contributed by atoms with E-state index in [4.69, 9.17) is 4.74 Å². The van der Waals surface area contributed by atoms with Crippen LogP contribution < -0.4 is 9.64 Å². The van der Waals surface area contributed by atoms with Crippen molar-refractivity contribution >= 4 is 5.82 Å². The molecule has 0 saturated carbocycles. The summed E-state index contributed by atoms with van der Waals surface area (Å²) < 4.78 is 6.44. The zero-order valence-electron chi connectivity index (χ0n) is 19.1. The van der Waals surface area contributed by atoms with Crippen LogP contribution in [0.5, 0.6) is 5.75 Å². The number of benzene rings is 1. The molecule has 1 unspecified atom stereocenters. The molecule has 2 fully saturated rings. The molecule has 2 aliphatic heterocycles. The molecule has 3 heterocycles. The first-order chi connectivity index (χ1) is 15.1. The smallest absolute Gasteiger partial charge is 0.147 e. The van der Waals surface area contributed by atoms with Crippen LogP contribution in [0.3, 0.4) is 0 Å². The van der Waals surface area contributed by atoms with Gasteiger partial charge in [0.1, 0.15) is 17.7 Å². The van der Waals surface area contributed by atoms with E-state index in [2.05, 4.69) is 51.8 Å². The van der Waals surface area contributed by atoms with Crippen LogP contribution in [0.2, 0.25) is 0 Å². The van der Waals surface area contributed by atoms with Crippen LogP contribution in [0.1, 0.15) is 57.1 Å². The number of hydrogen-bond acceptors (Lipinski definition) is 5. The molecule has 2 aromatic rings. The molecule has 0 bridgehead atoms. The molecule has 0 amide bonds. The first kappa shape index (κ1) is 20.7. The lowest BCUT2D eigenvalue weighted by molar-refractivity contribution is 0.0788. The third-order valence-corrected chi connectivity index (χ3v) is 8.00. The molecule has 166 valence electrons. The van der Waals surface area contributed by atoms with E-state index in [0.717, 1.165) is 50.6 Å². The van der Waals surface area contributed by atoms with Gasteiger partial charge in [0.2, 0.25) is 0 Å². The number of likely N-dealkylation sites (tertiary alicyclic amines) is 1. The van der Waals surface area contributed by atoms with Crippen molar-refractivity contribution in [3.05, 3.63) is 47.9 Å². The summed E-state index contributed by atoms with van der Waals surface area (Å²) in [6.45, 7) is 9.10. The van der Waals surface area contributed by atoms with E-state index in [0.29, 0.717) is 17.6 Å². The van der Waals surface area contributed by atoms with Crippen LogP contribution >= 0.6 is 0 Å². The van der Waals surface area contributed by atoms with E-state index in [-0.39, 0.29) is 0 Å². The molecular formula is C26H36N4O. The minimum Gasteiger partial charge on any atom is -0.490 e. The molecule has 1 spiro atoms. The van der Waals surface area contributed by atoms with E-state index in [1.165, 1.54) is 43.2 Å². The molecule has 1 aromatic heterocycles. The maximum Gasteiger partial charge on any atom is 0.147 e. The number of aromatic nitrogens is 2. The maximum atomic E-state index is 6.44. The van der Waals surface area contributed by atoms with Gasteiger partial charge in [0, 0.05) is 44.6 Å². The first-order valence-corrected chi connectivity index (χ1v) is 12.2. The highest BCUT2D eigenvalue weighted by molar-refractivity contribution is 5.42. The summed E-state index contributed by atoms with van der Waals surface area (Å²) in [5.74, 6) is 2.10. The number of rotatable bonds is 5. The Morgan fingerprint density at radius 2 is 1.84 bits per heavy atom. The average Bonchev–Trinajstić information content (AvgIpc) is 3.17. The Kier molecular flexibility index (Phi) is 5.87. The van der Waals surface area contributed by atoms with Gasteiger partial charge in [-0.3, -0.25) is 4.98 Å². The first-order valence-electron chi connectivity index (χ1n) is 12.2. The van der Waals surface area contributed by atoms with Crippen molar-refractivity contribution < 1.29 is 4.74 Å². The fraction of sp³-hybridized carbons (Fsp3) is 0.615. The standard InChI is InChI=1S/C26H36N4O/c1-3-20(2)29-12-6-23(7-13-29)31-24-5-4-21-17-26(18-22(21)16-24)8-14-30(15-9-26)25-19-27-10-11-28-25/h4-5,10-11,16,19-20,23H,3,6-9,12-15,17-18H2,1-2H3. The van der Waals surface area contributed by atoms with Crippen molar-refractivity contribution in [2.24, 2.45) is 5.41 Å². The summed E-state index contributed by atoms with van der Waals surface area (Å²) >= 11 is 0. The van der Waals surface area contributed by atoms with Gasteiger partial charge in [-0.2, -0.15) is 0 Å². The van der Waals surface area contributed by atoms with Gasteiger partial charge in [-0.25, -0.2) is 4.98 Å². The Labute approximate surface area is 186 Å². The van der Waals surface area contributed by atoms with Crippen LogP contribution in [-0.2, 0) is 12.8 Å². The van der Waals surface area contributed by atoms with E-state index in [1.54, 1.807) is 12.4 Å². The Hall–Kier alpha value is -2.14. The average molecular weight is 421 g/mol. The fourth-order valence-electron chi connectivity index (χ4n) is 5.79. The van der Waals surface area contributed by atoms with Crippen LogP contribution in [0, 0.1) is 5.41 Å². The van der Waals surface area contributed by atoms with Gasteiger partial charge >= 0.3 is 0 Å². The zero-order valence-corrected chi connectivity index (χ0v) is 19.1. The predicted octanol–water partition coefficient (Wildman–Crippen LogP) is 4.50. The Morgan fingerprint density at radius 3 is 2.55 bits per heavy atom. The van der Waals surface area contributed by atoms with Gasteiger partial charge in [-0.05, 0) is 80.5 Å². The van der Waals surface area contributed by atoms with Crippen molar-refractivity contribution in [1.82, 2.24) is 14.9 Å². The molecule has 0 N–H and O–H groups in total. The second kappa shape index (κ2) is 8.78. The zero-order chi connectivity index (χ0) is 21.3. The maximum absolute atomic E-state index is 6.44. The monoisotopic (exact) mass is 420 g/mol. The highest BCUT2D eigenvalue weighted by Crippen LogP contribution is 2.46. The van der Waals surface area contributed by atoms with E-state index >= 15 is 0 Å². The second-order valence-electron chi connectivity index (χ2n) is 9.95. The quantitative estimate of drug-likeness (QED) is 0.712. The molecule has 31 heavy (non-hydrogen) atoms. The summed E-state index contributed by atoms with van der Waals surface area (Å²) in [6, 6.07) is 7.59. The number of hydrogen-bond donors (Lipinski definition) is 0. The Morgan fingerprint density at radius 1 is 1.06 bits per heavy atom. The summed E-state index contributed by atoms with van der Waals surface area (Å²) in [5.41, 5.74) is 3.47. The van der Waals surface area contributed by atoms with E-state index in [1.807, 2.05) is 6.20 Å². The predicted molar refractivity (Wildman–Crippen MR) is 125 cm³/mol. The molecule has 5 heteroatoms. The molecule has 3 aliphatic rings. The normalized spacial score (nSPS) is 22.5. The summed E-state index contributed by atoms with van der Waals surface area (Å²) in [5, 5.41) is 0. The third kappa shape index (κ3) is 4.43. The molecule has 1 aliphatic carbocycles. The van der Waals surface area contributed by atoms with Crippen LogP contribution in [-0.4, -0.2) is 53.2 Å². The van der Waals surface area contributed by atoms with E-state index in [9.17, 15) is 0 Å². The fourth-order valence-corrected chi connectivity index (χ4v) is 5.79. The molecule has 1 atom stereocenters. The highest BCUT2D eigenvalue weighted by Gasteiger charge is 2.40. The van der Waals surface area contributed by atoms with Crippen LogP contribution in [0.4, 0.5) is 5.82 Å². The van der Waals surface area contributed by atoms with Gasteiger partial charge in [0.25, 0.3) is 0 Å². The summed E-state index contributed by atoms with van der Waals surface area (Å²) in [6.07, 6.45) is 14.2. The number of anilines is 1. The lowest BCUT2D eigenvalue weighted by Crippen LogP contribution is -2.42. The molecule has 2 saturated heterocycles. The molecule has 0 radical (unpaired) electrons. The van der Waals surface area contributed by atoms with Crippen molar-refractivity contribution in [2.45, 2.75) is 70.9 Å². The number of fused-ring (bicyclic) bond motifs is 1. The third-order valence-electron chi connectivity index (χ3n) is 8.00. The topological polar surface area (TPSA) is 41.5 Å². The van der Waals surface area contributed by atoms with Crippen molar-refractivity contribution in [3.63, 3.8) is 0 Å². The lowest BCUT2D eigenvalue weighted by Gasteiger charge is -2.39. The van der Waals surface area contributed by atoms with Crippen molar-refractivity contribution in [3.8, 4) is 5.75 Å². The number of ether oxygens (including phenoxy) is 1. The van der Waals surface area contributed by atoms with Gasteiger partial charge in [0.05, 0.1) is 6.20 Å². The molecule has 5 nitrogen and oxygen atoms in total. The molecular weight excluding hydrogens is 384 g/mol. The SMILES string of the molecule is CCC(C)N1CCC(Oc2ccc3c(c2)CC2(CCN(c4cnccn4)CC2)C3)CC1. The Bertz CT molecular complexity index is 870. The minimum absolute atomic E-state index is 0.365. The minimum atomic E-state index is 0.365. The van der Waals surface area contributed by atoms with Gasteiger partial charge < -0.3 is 14.5 Å². The number of piperidine rings is 2. The highest BCUT2D eigenvalue weighted by atomic mass is 16.5. The van der Waals surface area contributed by atoms with E-state index < -0.39 is 0 Å². The molecule has 5 rings (SSSR count). The summed E-state index contributed by atoms with van der Waals surface area (Å²) in [7, 11) is 0. The van der Waals surface area contributed by atoms with Gasteiger partial charge in [-0.15, -0.1) is 0 Å². The van der Waals surface area contributed by atoms with Gasteiger partial charge in [0.15, 0.2) is 0 Å².